The highest BCUT2D eigenvalue weighted by Gasteiger charge is 2.22. The van der Waals surface area contributed by atoms with Gasteiger partial charge in [-0.3, -0.25) is 4.79 Å². The van der Waals surface area contributed by atoms with Gasteiger partial charge >= 0.3 is 0 Å². The van der Waals surface area contributed by atoms with E-state index < -0.39 is 0 Å². The number of benzene rings is 1. The Hall–Kier alpha value is -1.75. The van der Waals surface area contributed by atoms with Crippen LogP contribution in [0.3, 0.4) is 0 Å². The summed E-state index contributed by atoms with van der Waals surface area (Å²) < 4.78 is 10.6. The van der Waals surface area contributed by atoms with Gasteiger partial charge in [-0.25, -0.2) is 0 Å². The topological polar surface area (TPSA) is 73.6 Å². The van der Waals surface area contributed by atoms with E-state index >= 15 is 0 Å². The van der Waals surface area contributed by atoms with Gasteiger partial charge in [0.15, 0.2) is 0 Å². The van der Waals surface area contributed by atoms with Crippen molar-refractivity contribution in [2.45, 2.75) is 6.42 Å². The SMILES string of the molecule is Nc1ccc(OCCNC(=O)C2CCOC2)cc1. The molecule has 1 aliphatic rings. The van der Waals surface area contributed by atoms with Gasteiger partial charge in [0.05, 0.1) is 19.1 Å². The van der Waals surface area contributed by atoms with Crippen molar-refractivity contribution in [1.82, 2.24) is 5.32 Å². The fraction of sp³-hybridized carbons (Fsp3) is 0.462. The molecule has 3 N–H and O–H groups in total. The first-order chi connectivity index (χ1) is 8.75. The Balaban J connectivity index is 1.63. The maximum atomic E-state index is 11.6. The van der Waals surface area contributed by atoms with Crippen molar-refractivity contribution in [3.05, 3.63) is 24.3 Å². The largest absolute Gasteiger partial charge is 0.492 e. The molecule has 18 heavy (non-hydrogen) atoms. The van der Waals surface area contributed by atoms with E-state index in [0.717, 1.165) is 12.2 Å². The molecule has 5 nitrogen and oxygen atoms in total. The van der Waals surface area contributed by atoms with Crippen molar-refractivity contribution in [2.75, 3.05) is 32.1 Å². The first-order valence-electron chi connectivity index (χ1n) is 6.09. The van der Waals surface area contributed by atoms with E-state index in [4.69, 9.17) is 15.2 Å². The Morgan fingerprint density at radius 3 is 2.89 bits per heavy atom. The normalized spacial score (nSPS) is 18.6. The molecular weight excluding hydrogens is 232 g/mol. The van der Waals surface area contributed by atoms with Crippen LogP contribution in [-0.2, 0) is 9.53 Å². The van der Waals surface area contributed by atoms with Gasteiger partial charge in [-0.15, -0.1) is 0 Å². The molecule has 1 aliphatic heterocycles. The number of ether oxygens (including phenoxy) is 2. The molecule has 1 atom stereocenters. The predicted octanol–water partition coefficient (Wildman–Crippen LogP) is 0.800. The number of rotatable bonds is 5. The van der Waals surface area contributed by atoms with Crippen LogP contribution in [0.15, 0.2) is 24.3 Å². The van der Waals surface area contributed by atoms with Gasteiger partial charge in [0.1, 0.15) is 12.4 Å². The quantitative estimate of drug-likeness (QED) is 0.599. The summed E-state index contributed by atoms with van der Waals surface area (Å²) in [5, 5.41) is 2.84. The highest BCUT2D eigenvalue weighted by atomic mass is 16.5. The second kappa shape index (κ2) is 6.26. The molecule has 1 unspecified atom stereocenters. The lowest BCUT2D eigenvalue weighted by molar-refractivity contribution is -0.125. The van der Waals surface area contributed by atoms with Crippen LogP contribution >= 0.6 is 0 Å². The average molecular weight is 250 g/mol. The molecule has 0 bridgehead atoms. The third kappa shape index (κ3) is 3.63. The minimum absolute atomic E-state index is 0.00141. The van der Waals surface area contributed by atoms with Gasteiger partial charge in [-0.1, -0.05) is 0 Å². The molecule has 0 aliphatic carbocycles. The van der Waals surface area contributed by atoms with Crippen LogP contribution in [0.1, 0.15) is 6.42 Å². The number of carbonyl (C=O) groups is 1. The van der Waals surface area contributed by atoms with Gasteiger partial charge in [0.25, 0.3) is 0 Å². The fourth-order valence-corrected chi connectivity index (χ4v) is 1.79. The molecule has 5 heteroatoms. The highest BCUT2D eigenvalue weighted by Crippen LogP contribution is 2.13. The minimum atomic E-state index is 0.00141. The maximum absolute atomic E-state index is 11.6. The summed E-state index contributed by atoms with van der Waals surface area (Å²) in [4.78, 5) is 11.6. The lowest BCUT2D eigenvalue weighted by Gasteiger charge is -2.10. The highest BCUT2D eigenvalue weighted by molar-refractivity contribution is 5.78. The molecule has 1 saturated heterocycles. The molecule has 0 saturated carbocycles. The Kier molecular flexibility index (Phi) is 4.41. The Morgan fingerprint density at radius 2 is 2.22 bits per heavy atom. The van der Waals surface area contributed by atoms with Gasteiger partial charge in [0.2, 0.25) is 5.91 Å². The van der Waals surface area contributed by atoms with Crippen LogP contribution in [-0.4, -0.2) is 32.3 Å². The van der Waals surface area contributed by atoms with Crippen molar-refractivity contribution >= 4 is 11.6 Å². The number of amides is 1. The summed E-state index contributed by atoms with van der Waals surface area (Å²) in [7, 11) is 0. The van der Waals surface area contributed by atoms with Crippen molar-refractivity contribution in [1.29, 1.82) is 0 Å². The van der Waals surface area contributed by atoms with Crippen LogP contribution in [0.2, 0.25) is 0 Å². The van der Waals surface area contributed by atoms with E-state index in [1.54, 1.807) is 12.1 Å². The van der Waals surface area contributed by atoms with Gasteiger partial charge in [-0.05, 0) is 30.7 Å². The zero-order valence-electron chi connectivity index (χ0n) is 10.2. The average Bonchev–Trinajstić information content (AvgIpc) is 2.90. The molecule has 0 radical (unpaired) electrons. The molecule has 1 aromatic carbocycles. The molecule has 1 heterocycles. The number of nitrogen functional groups attached to an aromatic ring is 1. The minimum Gasteiger partial charge on any atom is -0.492 e. The lowest BCUT2D eigenvalue weighted by Crippen LogP contribution is -2.33. The van der Waals surface area contributed by atoms with Crippen LogP contribution in [0.4, 0.5) is 5.69 Å². The van der Waals surface area contributed by atoms with Crippen LogP contribution in [0.25, 0.3) is 0 Å². The van der Waals surface area contributed by atoms with E-state index in [2.05, 4.69) is 5.32 Å². The number of carbonyl (C=O) groups excluding carboxylic acids is 1. The van der Waals surface area contributed by atoms with Crippen LogP contribution < -0.4 is 15.8 Å². The third-order valence-corrected chi connectivity index (χ3v) is 2.85. The standard InChI is InChI=1S/C13H18N2O3/c14-11-1-3-12(4-2-11)18-8-6-15-13(16)10-5-7-17-9-10/h1-4,10H,5-9,14H2,(H,15,16). The summed E-state index contributed by atoms with van der Waals surface area (Å²) in [5.41, 5.74) is 6.27. The van der Waals surface area contributed by atoms with Crippen molar-refractivity contribution in [3.63, 3.8) is 0 Å². The van der Waals surface area contributed by atoms with E-state index in [-0.39, 0.29) is 11.8 Å². The molecule has 2 rings (SSSR count). The first-order valence-corrected chi connectivity index (χ1v) is 6.09. The monoisotopic (exact) mass is 250 g/mol. The summed E-state index contributed by atoms with van der Waals surface area (Å²) in [5.74, 6) is 0.803. The predicted molar refractivity (Wildman–Crippen MR) is 68.3 cm³/mol. The summed E-state index contributed by atoms with van der Waals surface area (Å²) in [6.07, 6.45) is 0.810. The van der Waals surface area contributed by atoms with Crippen LogP contribution in [0, 0.1) is 5.92 Å². The molecule has 1 aromatic rings. The summed E-state index contributed by atoms with van der Waals surface area (Å²) >= 11 is 0. The van der Waals surface area contributed by atoms with Crippen molar-refractivity contribution < 1.29 is 14.3 Å². The second-order valence-electron chi connectivity index (χ2n) is 4.27. The second-order valence-corrected chi connectivity index (χ2v) is 4.27. The molecule has 98 valence electrons. The van der Waals surface area contributed by atoms with E-state index in [1.165, 1.54) is 0 Å². The fourth-order valence-electron chi connectivity index (χ4n) is 1.79. The summed E-state index contributed by atoms with van der Waals surface area (Å²) in [6.45, 7) is 2.16. The zero-order chi connectivity index (χ0) is 12.8. The zero-order valence-corrected chi connectivity index (χ0v) is 10.2. The molecule has 0 aromatic heterocycles. The molecular formula is C13H18N2O3. The molecule has 0 spiro atoms. The van der Waals surface area contributed by atoms with Crippen molar-refractivity contribution in [3.8, 4) is 5.75 Å². The number of nitrogens with one attached hydrogen (secondary N) is 1. The smallest absolute Gasteiger partial charge is 0.225 e. The van der Waals surface area contributed by atoms with E-state index in [1.807, 2.05) is 12.1 Å². The number of hydrogen-bond donors (Lipinski definition) is 2. The van der Waals surface area contributed by atoms with Gasteiger partial charge in [0, 0.05) is 12.3 Å². The number of nitrogens with two attached hydrogens (primary N) is 1. The molecule has 1 amide bonds. The maximum Gasteiger partial charge on any atom is 0.225 e. The van der Waals surface area contributed by atoms with Crippen molar-refractivity contribution in [2.24, 2.45) is 5.92 Å². The third-order valence-electron chi connectivity index (χ3n) is 2.85. The summed E-state index contributed by atoms with van der Waals surface area (Å²) in [6, 6.07) is 7.18. The Labute approximate surface area is 106 Å². The van der Waals surface area contributed by atoms with E-state index in [9.17, 15) is 4.79 Å². The lowest BCUT2D eigenvalue weighted by atomic mass is 10.1. The van der Waals surface area contributed by atoms with Crippen LogP contribution in [0.5, 0.6) is 5.75 Å². The first kappa shape index (κ1) is 12.7. The number of hydrogen-bond acceptors (Lipinski definition) is 4. The Bertz CT molecular complexity index is 386. The number of anilines is 1. The van der Waals surface area contributed by atoms with Gasteiger partial charge < -0.3 is 20.5 Å². The Morgan fingerprint density at radius 1 is 1.44 bits per heavy atom. The van der Waals surface area contributed by atoms with Gasteiger partial charge in [-0.2, -0.15) is 0 Å². The molecule has 1 fully saturated rings. The van der Waals surface area contributed by atoms with E-state index in [0.29, 0.717) is 32.1 Å².